The summed E-state index contributed by atoms with van der Waals surface area (Å²) >= 11 is 5.63. The van der Waals surface area contributed by atoms with E-state index in [1.54, 1.807) is 0 Å². The van der Waals surface area contributed by atoms with Gasteiger partial charge < -0.3 is 5.32 Å². The minimum Gasteiger partial charge on any atom is -0.312 e. The van der Waals surface area contributed by atoms with Crippen LogP contribution in [-0.4, -0.2) is 23.6 Å². The highest BCUT2D eigenvalue weighted by Crippen LogP contribution is 2.19. The number of hydrogen-bond acceptors (Lipinski definition) is 2. The van der Waals surface area contributed by atoms with E-state index in [4.69, 9.17) is 0 Å². The first-order valence-corrected chi connectivity index (χ1v) is 9.92. The van der Waals surface area contributed by atoms with Crippen molar-refractivity contribution in [3.8, 4) is 0 Å². The Labute approximate surface area is 143 Å². The van der Waals surface area contributed by atoms with Crippen molar-refractivity contribution in [3.63, 3.8) is 0 Å². The van der Waals surface area contributed by atoms with Crippen LogP contribution in [0.25, 0.3) is 0 Å². The van der Waals surface area contributed by atoms with E-state index >= 15 is 0 Å². The molecule has 0 bridgehead atoms. The normalized spacial score (nSPS) is 13.4. The first-order chi connectivity index (χ1) is 9.90. The summed E-state index contributed by atoms with van der Waals surface area (Å²) in [6, 6.07) is 8.74. The summed E-state index contributed by atoms with van der Waals surface area (Å²) in [5.74, 6) is 3.24. The Kier molecular flexibility index (Phi) is 9.00. The first-order valence-electron chi connectivity index (χ1n) is 7.98. The Hall–Kier alpha value is 0.01000. The molecule has 0 amide bonds. The molecular formula is C18H30BrNS. The van der Waals surface area contributed by atoms with Crippen molar-refractivity contribution in [3.05, 3.63) is 34.3 Å². The summed E-state index contributed by atoms with van der Waals surface area (Å²) in [6.45, 7) is 10.1. The maximum Gasteiger partial charge on any atom is 0.0177 e. The van der Waals surface area contributed by atoms with Gasteiger partial charge in [0.25, 0.3) is 0 Å². The van der Waals surface area contributed by atoms with Crippen LogP contribution in [0.3, 0.4) is 0 Å². The largest absolute Gasteiger partial charge is 0.312 e. The Balaban J connectivity index is 2.53. The van der Waals surface area contributed by atoms with Crippen LogP contribution in [0.1, 0.15) is 46.1 Å². The van der Waals surface area contributed by atoms with Gasteiger partial charge in [0.1, 0.15) is 0 Å². The third-order valence-electron chi connectivity index (χ3n) is 3.44. The zero-order valence-electron chi connectivity index (χ0n) is 13.9. The molecule has 1 unspecified atom stereocenters. The van der Waals surface area contributed by atoms with Crippen LogP contribution >= 0.6 is 27.7 Å². The molecule has 0 aliphatic carbocycles. The Morgan fingerprint density at radius 1 is 1.29 bits per heavy atom. The Morgan fingerprint density at radius 2 is 2.05 bits per heavy atom. The van der Waals surface area contributed by atoms with Gasteiger partial charge in [-0.3, -0.25) is 0 Å². The van der Waals surface area contributed by atoms with Gasteiger partial charge in [-0.2, -0.15) is 11.8 Å². The van der Waals surface area contributed by atoms with Crippen LogP contribution in [-0.2, 0) is 6.42 Å². The third-order valence-corrected chi connectivity index (χ3v) is 4.92. The molecule has 1 rings (SSSR count). The molecule has 0 aromatic heterocycles. The van der Waals surface area contributed by atoms with Gasteiger partial charge in [-0.25, -0.2) is 0 Å². The molecule has 0 heterocycles. The molecule has 1 N–H and O–H groups in total. The number of nitrogens with one attached hydrogen (secondary N) is 1. The van der Waals surface area contributed by atoms with Crippen LogP contribution in [0.15, 0.2) is 28.7 Å². The van der Waals surface area contributed by atoms with Gasteiger partial charge in [-0.1, -0.05) is 35.0 Å². The number of benzene rings is 1. The molecule has 1 atom stereocenters. The zero-order chi connectivity index (χ0) is 15.7. The summed E-state index contributed by atoms with van der Waals surface area (Å²) in [6.07, 6.45) is 3.80. The zero-order valence-corrected chi connectivity index (χ0v) is 16.3. The molecule has 1 aromatic carbocycles. The van der Waals surface area contributed by atoms with Crippen molar-refractivity contribution in [1.29, 1.82) is 0 Å². The van der Waals surface area contributed by atoms with Crippen LogP contribution in [0.5, 0.6) is 0 Å². The second-order valence-corrected chi connectivity index (χ2v) is 8.98. The molecule has 0 saturated heterocycles. The summed E-state index contributed by atoms with van der Waals surface area (Å²) in [4.78, 5) is 0. The fourth-order valence-electron chi connectivity index (χ4n) is 2.34. The molecule has 1 nitrogen and oxygen atoms in total. The Bertz CT molecular complexity index is 400. The average Bonchev–Trinajstić information content (AvgIpc) is 2.40. The predicted molar refractivity (Wildman–Crippen MR) is 101 cm³/mol. The monoisotopic (exact) mass is 371 g/mol. The second kappa shape index (κ2) is 9.91. The highest BCUT2D eigenvalue weighted by Gasteiger charge is 2.15. The fourth-order valence-corrected chi connectivity index (χ4v) is 3.45. The van der Waals surface area contributed by atoms with Crippen molar-refractivity contribution in [2.24, 2.45) is 5.92 Å². The van der Waals surface area contributed by atoms with Crippen molar-refractivity contribution in [2.45, 2.75) is 52.5 Å². The van der Waals surface area contributed by atoms with Gasteiger partial charge in [0, 0.05) is 10.0 Å². The molecule has 0 spiro atoms. The minimum absolute atomic E-state index is 0.202. The lowest BCUT2D eigenvalue weighted by Gasteiger charge is -2.25. The molecule has 21 heavy (non-hydrogen) atoms. The summed E-state index contributed by atoms with van der Waals surface area (Å²) < 4.78 is 1.18. The summed E-state index contributed by atoms with van der Waals surface area (Å²) in [7, 11) is 0. The van der Waals surface area contributed by atoms with Crippen LogP contribution in [0, 0.1) is 5.92 Å². The molecule has 3 heteroatoms. The smallest absolute Gasteiger partial charge is 0.0177 e. The lowest BCUT2D eigenvalue weighted by Crippen LogP contribution is -2.39. The molecular weight excluding hydrogens is 342 g/mol. The minimum atomic E-state index is 0.202. The highest BCUT2D eigenvalue weighted by atomic mass is 79.9. The Morgan fingerprint density at radius 3 is 2.67 bits per heavy atom. The number of halogens is 1. The maximum absolute atomic E-state index is 3.68. The van der Waals surface area contributed by atoms with Crippen LogP contribution in [0.2, 0.25) is 0 Å². The first kappa shape index (κ1) is 19.1. The fraction of sp³-hybridized carbons (Fsp3) is 0.667. The predicted octanol–water partition coefficient (Wildman–Crippen LogP) is 5.53. The van der Waals surface area contributed by atoms with E-state index < -0.39 is 0 Å². The average molecular weight is 372 g/mol. The van der Waals surface area contributed by atoms with Crippen molar-refractivity contribution in [1.82, 2.24) is 5.32 Å². The van der Waals surface area contributed by atoms with Crippen LogP contribution < -0.4 is 5.32 Å². The van der Waals surface area contributed by atoms with Gasteiger partial charge in [-0.15, -0.1) is 0 Å². The van der Waals surface area contributed by atoms with E-state index in [1.165, 1.54) is 40.8 Å². The van der Waals surface area contributed by atoms with E-state index in [9.17, 15) is 0 Å². The van der Waals surface area contributed by atoms with Gasteiger partial charge in [0.2, 0.25) is 0 Å². The van der Waals surface area contributed by atoms with Crippen molar-refractivity contribution >= 4 is 27.7 Å². The summed E-state index contributed by atoms with van der Waals surface area (Å²) in [5.41, 5.74) is 1.64. The van der Waals surface area contributed by atoms with E-state index in [0.29, 0.717) is 0 Å². The number of hydrogen-bond donors (Lipinski definition) is 1. The van der Waals surface area contributed by atoms with Gasteiger partial charge in [0.05, 0.1) is 0 Å². The molecule has 0 fully saturated rings. The van der Waals surface area contributed by atoms with Gasteiger partial charge in [-0.05, 0) is 81.7 Å². The SMILES string of the molecule is CCSCCCC(CNC(C)(C)C)Cc1cccc(Br)c1. The third kappa shape index (κ3) is 9.59. The standard InChI is InChI=1S/C18H30BrNS/c1-5-21-11-7-9-16(14-20-18(2,3)4)12-15-8-6-10-17(19)13-15/h6,8,10,13,16,20H,5,7,9,11-12,14H2,1-4H3. The molecule has 120 valence electrons. The molecule has 0 aliphatic rings. The molecule has 0 aliphatic heterocycles. The highest BCUT2D eigenvalue weighted by molar-refractivity contribution is 9.10. The lowest BCUT2D eigenvalue weighted by atomic mass is 9.94. The van der Waals surface area contributed by atoms with Crippen molar-refractivity contribution < 1.29 is 0 Å². The molecule has 0 saturated carbocycles. The van der Waals surface area contributed by atoms with E-state index in [1.807, 2.05) is 0 Å². The number of rotatable bonds is 9. The van der Waals surface area contributed by atoms with E-state index in [2.05, 4.69) is 85.0 Å². The topological polar surface area (TPSA) is 12.0 Å². The van der Waals surface area contributed by atoms with Gasteiger partial charge >= 0.3 is 0 Å². The maximum atomic E-state index is 3.68. The lowest BCUT2D eigenvalue weighted by molar-refractivity contribution is 0.355. The van der Waals surface area contributed by atoms with E-state index in [0.717, 1.165) is 12.5 Å². The second-order valence-electron chi connectivity index (χ2n) is 6.67. The molecule has 1 aromatic rings. The number of thioether (sulfide) groups is 1. The van der Waals surface area contributed by atoms with Gasteiger partial charge in [0.15, 0.2) is 0 Å². The van der Waals surface area contributed by atoms with Crippen LogP contribution in [0.4, 0.5) is 0 Å². The van der Waals surface area contributed by atoms with Crippen molar-refractivity contribution in [2.75, 3.05) is 18.1 Å². The summed E-state index contributed by atoms with van der Waals surface area (Å²) in [5, 5.41) is 3.68. The quantitative estimate of drug-likeness (QED) is 0.572. The molecule has 0 radical (unpaired) electrons. The van der Waals surface area contributed by atoms with E-state index in [-0.39, 0.29) is 5.54 Å².